The molecule has 2 atom stereocenters. The summed E-state index contributed by atoms with van der Waals surface area (Å²) >= 11 is 0. The fourth-order valence-corrected chi connectivity index (χ4v) is 3.38. The van der Waals surface area contributed by atoms with Gasteiger partial charge < -0.3 is 24.7 Å². The number of morpholine rings is 1. The number of aliphatic imine (C=N–C) groups is 1. The first-order chi connectivity index (χ1) is 14.2. The fraction of sp³-hybridized carbons (Fsp3) is 0.591. The summed E-state index contributed by atoms with van der Waals surface area (Å²) in [5.41, 5.74) is 1.03. The lowest BCUT2D eigenvalue weighted by Gasteiger charge is -2.36. The highest BCUT2D eigenvalue weighted by Gasteiger charge is 2.23. The number of pyridine rings is 1. The van der Waals surface area contributed by atoms with E-state index >= 15 is 0 Å². The van der Waals surface area contributed by atoms with Crippen LogP contribution in [0.2, 0.25) is 0 Å². The maximum Gasteiger partial charge on any atom is 0.213 e. The number of nitrogens with one attached hydrogen (secondary N) is 2. The Balaban J connectivity index is 1.49. The largest absolute Gasteiger partial charge is 0.443 e. The van der Waals surface area contributed by atoms with Crippen LogP contribution < -0.4 is 15.5 Å². The number of guanidine groups is 1. The summed E-state index contributed by atoms with van der Waals surface area (Å²) in [5, 5.41) is 6.54. The van der Waals surface area contributed by atoms with Crippen LogP contribution in [0.5, 0.6) is 0 Å². The van der Waals surface area contributed by atoms with Gasteiger partial charge >= 0.3 is 0 Å². The number of nitrogens with zero attached hydrogens (tertiary/aromatic N) is 4. The molecule has 1 fully saturated rings. The van der Waals surface area contributed by atoms with Crippen LogP contribution >= 0.6 is 0 Å². The quantitative estimate of drug-likeness (QED) is 0.574. The highest BCUT2D eigenvalue weighted by atomic mass is 16.5. The van der Waals surface area contributed by atoms with Crippen LogP contribution in [0.25, 0.3) is 0 Å². The number of hydrogen-bond donors (Lipinski definition) is 2. The van der Waals surface area contributed by atoms with Crippen molar-refractivity contribution >= 4 is 11.8 Å². The normalized spacial score (nSPS) is 20.3. The average Bonchev–Trinajstić information content (AvgIpc) is 3.17. The Labute approximate surface area is 179 Å². The summed E-state index contributed by atoms with van der Waals surface area (Å²) in [7, 11) is 1.74. The molecular weight excluding hydrogens is 380 g/mol. The smallest absolute Gasteiger partial charge is 0.213 e. The molecule has 1 aliphatic rings. The van der Waals surface area contributed by atoms with Crippen LogP contribution in [0.4, 0.5) is 5.82 Å². The Morgan fingerprint density at radius 1 is 1.10 bits per heavy atom. The molecular formula is C22H34N6O2. The van der Waals surface area contributed by atoms with Gasteiger partial charge in [-0.2, -0.15) is 0 Å². The molecule has 30 heavy (non-hydrogen) atoms. The zero-order valence-corrected chi connectivity index (χ0v) is 18.9. The summed E-state index contributed by atoms with van der Waals surface area (Å²) < 4.78 is 11.6. The molecule has 0 spiro atoms. The minimum absolute atomic E-state index is 0.0539. The number of rotatable bonds is 5. The van der Waals surface area contributed by atoms with Gasteiger partial charge in [-0.3, -0.25) is 4.99 Å². The Kier molecular flexibility index (Phi) is 6.97. The molecule has 2 aromatic heterocycles. The van der Waals surface area contributed by atoms with Gasteiger partial charge in [0.15, 0.2) is 5.96 Å². The van der Waals surface area contributed by atoms with Crippen molar-refractivity contribution in [2.45, 2.75) is 65.3 Å². The van der Waals surface area contributed by atoms with Crippen molar-refractivity contribution in [2.24, 2.45) is 4.99 Å². The first-order valence-corrected chi connectivity index (χ1v) is 10.5. The van der Waals surface area contributed by atoms with E-state index in [1.54, 1.807) is 13.2 Å². The molecule has 8 nitrogen and oxygen atoms in total. The predicted octanol–water partition coefficient (Wildman–Crippen LogP) is 2.85. The van der Waals surface area contributed by atoms with Crippen LogP contribution in [-0.2, 0) is 23.2 Å². The molecule has 3 rings (SSSR count). The Morgan fingerprint density at radius 2 is 1.80 bits per heavy atom. The molecule has 0 aliphatic carbocycles. The highest BCUT2D eigenvalue weighted by Crippen LogP contribution is 2.22. The van der Waals surface area contributed by atoms with Crippen molar-refractivity contribution in [3.63, 3.8) is 0 Å². The van der Waals surface area contributed by atoms with Crippen molar-refractivity contribution in [1.82, 2.24) is 20.6 Å². The van der Waals surface area contributed by atoms with Crippen LogP contribution in [0, 0.1) is 0 Å². The first kappa shape index (κ1) is 22.1. The van der Waals surface area contributed by atoms with Crippen molar-refractivity contribution in [2.75, 3.05) is 25.0 Å². The van der Waals surface area contributed by atoms with Crippen LogP contribution in [0.3, 0.4) is 0 Å². The van der Waals surface area contributed by atoms with E-state index < -0.39 is 0 Å². The molecule has 2 N–H and O–H groups in total. The van der Waals surface area contributed by atoms with Gasteiger partial charge in [-0.25, -0.2) is 9.97 Å². The molecule has 0 radical (unpaired) electrons. The number of aromatic nitrogens is 2. The van der Waals surface area contributed by atoms with E-state index in [0.717, 1.165) is 30.2 Å². The summed E-state index contributed by atoms with van der Waals surface area (Å²) in [4.78, 5) is 15.5. The second-order valence-corrected chi connectivity index (χ2v) is 8.83. The Hall–Kier alpha value is -2.61. The van der Waals surface area contributed by atoms with Gasteiger partial charge in [0.25, 0.3) is 0 Å². The summed E-state index contributed by atoms with van der Waals surface area (Å²) in [6.45, 7) is 13.3. The van der Waals surface area contributed by atoms with E-state index in [-0.39, 0.29) is 17.6 Å². The second-order valence-electron chi connectivity index (χ2n) is 8.83. The molecule has 0 saturated carbocycles. The van der Waals surface area contributed by atoms with Crippen LogP contribution in [0.1, 0.15) is 51.8 Å². The molecule has 1 saturated heterocycles. The van der Waals surface area contributed by atoms with E-state index in [1.807, 2.05) is 6.20 Å². The lowest BCUT2D eigenvalue weighted by Crippen LogP contribution is -2.45. The summed E-state index contributed by atoms with van der Waals surface area (Å²) in [6.07, 6.45) is 4.13. The maximum absolute atomic E-state index is 5.81. The second kappa shape index (κ2) is 9.47. The van der Waals surface area contributed by atoms with Gasteiger partial charge in [0.05, 0.1) is 24.9 Å². The molecule has 164 valence electrons. The lowest BCUT2D eigenvalue weighted by molar-refractivity contribution is -0.00545. The Morgan fingerprint density at radius 3 is 2.37 bits per heavy atom. The number of anilines is 1. The zero-order valence-electron chi connectivity index (χ0n) is 18.9. The average molecular weight is 415 g/mol. The lowest BCUT2D eigenvalue weighted by atomic mass is 9.94. The van der Waals surface area contributed by atoms with E-state index in [2.05, 4.69) is 77.2 Å². The van der Waals surface area contributed by atoms with Crippen molar-refractivity contribution in [3.05, 3.63) is 41.7 Å². The molecule has 0 aromatic carbocycles. The van der Waals surface area contributed by atoms with Gasteiger partial charge in [0, 0.05) is 38.3 Å². The molecule has 3 heterocycles. The molecule has 2 aromatic rings. The zero-order chi connectivity index (χ0) is 21.7. The third-order valence-corrected chi connectivity index (χ3v) is 4.94. The van der Waals surface area contributed by atoms with Gasteiger partial charge in [0.2, 0.25) is 5.89 Å². The van der Waals surface area contributed by atoms with Gasteiger partial charge in [0.1, 0.15) is 11.6 Å². The molecule has 0 amide bonds. The topological polar surface area (TPSA) is 87.8 Å². The minimum atomic E-state index is -0.0539. The van der Waals surface area contributed by atoms with E-state index in [1.165, 1.54) is 0 Å². The number of ether oxygens (including phenoxy) is 1. The third kappa shape index (κ3) is 5.95. The predicted molar refractivity (Wildman–Crippen MR) is 119 cm³/mol. The molecule has 0 bridgehead atoms. The van der Waals surface area contributed by atoms with Crippen LogP contribution in [0.15, 0.2) is 33.9 Å². The fourth-order valence-electron chi connectivity index (χ4n) is 3.38. The summed E-state index contributed by atoms with van der Waals surface area (Å²) in [6, 6.07) is 4.16. The number of oxazole rings is 1. The van der Waals surface area contributed by atoms with Crippen molar-refractivity contribution < 1.29 is 9.15 Å². The first-order valence-electron chi connectivity index (χ1n) is 10.5. The van der Waals surface area contributed by atoms with E-state index in [4.69, 9.17) is 9.15 Å². The van der Waals surface area contributed by atoms with Crippen LogP contribution in [-0.4, -0.2) is 48.3 Å². The SMILES string of the molecule is CN=C(NCc1ccc(N2CC(C)OC(C)C2)nc1)NCc1ncc(C(C)(C)C)o1. The van der Waals surface area contributed by atoms with Crippen molar-refractivity contribution in [3.8, 4) is 0 Å². The molecule has 8 heteroatoms. The summed E-state index contributed by atoms with van der Waals surface area (Å²) in [5.74, 6) is 3.19. The van der Waals surface area contributed by atoms with Gasteiger partial charge in [-0.05, 0) is 25.5 Å². The van der Waals surface area contributed by atoms with E-state index in [9.17, 15) is 0 Å². The minimum Gasteiger partial charge on any atom is -0.443 e. The van der Waals surface area contributed by atoms with Gasteiger partial charge in [-0.1, -0.05) is 26.8 Å². The third-order valence-electron chi connectivity index (χ3n) is 4.94. The molecule has 1 aliphatic heterocycles. The maximum atomic E-state index is 5.81. The standard InChI is InChI=1S/C22H34N6O2/c1-15-13-28(14-16(2)29-15)19-8-7-17(9-24-19)10-26-21(23-6)27-12-20-25-11-18(30-20)22(3,4)5/h7-9,11,15-16H,10,12-14H2,1-6H3,(H2,23,26,27). The molecule has 2 unspecified atom stereocenters. The van der Waals surface area contributed by atoms with Crippen molar-refractivity contribution in [1.29, 1.82) is 0 Å². The highest BCUT2D eigenvalue weighted by molar-refractivity contribution is 5.79. The number of hydrogen-bond acceptors (Lipinski definition) is 6. The monoisotopic (exact) mass is 414 g/mol. The van der Waals surface area contributed by atoms with E-state index in [0.29, 0.717) is 24.9 Å². The Bertz CT molecular complexity index is 830. The van der Waals surface area contributed by atoms with Gasteiger partial charge in [-0.15, -0.1) is 0 Å².